The topological polar surface area (TPSA) is 113 Å². The third-order valence-corrected chi connectivity index (χ3v) is 6.87. The highest BCUT2D eigenvalue weighted by Gasteiger charge is 2.43. The van der Waals surface area contributed by atoms with Crippen molar-refractivity contribution in [2.75, 3.05) is 5.32 Å². The molecule has 8 nitrogen and oxygen atoms in total. The van der Waals surface area contributed by atoms with Gasteiger partial charge in [0.05, 0.1) is 22.9 Å². The molecular formula is C28H25N5O3. The molecule has 4 aromatic rings. The van der Waals surface area contributed by atoms with Crippen molar-refractivity contribution < 1.29 is 4.79 Å². The first-order valence-electron chi connectivity index (χ1n) is 11.9. The average molecular weight is 480 g/mol. The van der Waals surface area contributed by atoms with Crippen molar-refractivity contribution in [3.05, 3.63) is 110 Å². The van der Waals surface area contributed by atoms with Crippen LogP contribution in [-0.4, -0.2) is 25.5 Å². The van der Waals surface area contributed by atoms with Crippen molar-refractivity contribution in [2.24, 2.45) is 5.41 Å². The summed E-state index contributed by atoms with van der Waals surface area (Å²) in [5.74, 6) is -0.376. The lowest BCUT2D eigenvalue weighted by Crippen LogP contribution is -2.39. The number of ketones is 1. The van der Waals surface area contributed by atoms with Crippen LogP contribution in [0, 0.1) is 5.41 Å². The largest absolute Gasteiger partial charge is 0.344 e. The van der Waals surface area contributed by atoms with Gasteiger partial charge in [0.2, 0.25) is 0 Å². The Labute approximate surface area is 206 Å². The maximum absolute atomic E-state index is 13.6. The summed E-state index contributed by atoms with van der Waals surface area (Å²) in [5.41, 5.74) is 3.36. The van der Waals surface area contributed by atoms with Crippen LogP contribution in [0.5, 0.6) is 0 Å². The fourth-order valence-electron chi connectivity index (χ4n) is 5.39. The average Bonchev–Trinajstić information content (AvgIpc) is 3.28. The van der Waals surface area contributed by atoms with Crippen LogP contribution in [0.3, 0.4) is 0 Å². The Morgan fingerprint density at radius 1 is 0.917 bits per heavy atom. The second-order valence-corrected chi connectivity index (χ2v) is 10.2. The number of rotatable bonds is 3. The summed E-state index contributed by atoms with van der Waals surface area (Å²) >= 11 is 0. The lowest BCUT2D eigenvalue weighted by atomic mass is 9.69. The van der Waals surface area contributed by atoms with Crippen LogP contribution in [0.2, 0.25) is 0 Å². The van der Waals surface area contributed by atoms with Gasteiger partial charge in [0.15, 0.2) is 5.78 Å². The molecule has 3 N–H and O–H groups in total. The van der Waals surface area contributed by atoms with Gasteiger partial charge in [-0.2, -0.15) is 5.10 Å². The molecule has 6 rings (SSSR count). The van der Waals surface area contributed by atoms with E-state index in [-0.39, 0.29) is 11.2 Å². The summed E-state index contributed by atoms with van der Waals surface area (Å²) in [6.45, 7) is 4.09. The SMILES string of the molecule is CC1(C)CC(=O)C2=C(C1)Nc1[nH]c(=O)[nH]c(=O)c1[C@H]2c1cn(-c2ccccc2)nc1-c1ccccc1. The van der Waals surface area contributed by atoms with Crippen molar-refractivity contribution in [2.45, 2.75) is 32.6 Å². The molecule has 3 heterocycles. The van der Waals surface area contributed by atoms with E-state index < -0.39 is 17.2 Å². The Kier molecular flexibility index (Phi) is 4.93. The minimum Gasteiger partial charge on any atom is -0.344 e. The van der Waals surface area contributed by atoms with Crippen molar-refractivity contribution in [1.82, 2.24) is 19.7 Å². The number of anilines is 1. The second kappa shape index (κ2) is 8.05. The second-order valence-electron chi connectivity index (χ2n) is 10.2. The lowest BCUT2D eigenvalue weighted by molar-refractivity contribution is -0.118. The lowest BCUT2D eigenvalue weighted by Gasteiger charge is -2.38. The first-order valence-corrected chi connectivity index (χ1v) is 11.9. The van der Waals surface area contributed by atoms with Gasteiger partial charge >= 0.3 is 5.69 Å². The number of hydrogen-bond donors (Lipinski definition) is 3. The molecule has 1 aliphatic carbocycles. The number of nitrogens with one attached hydrogen (secondary N) is 3. The molecule has 0 spiro atoms. The fourth-order valence-corrected chi connectivity index (χ4v) is 5.39. The van der Waals surface area contributed by atoms with Gasteiger partial charge < -0.3 is 5.32 Å². The summed E-state index contributed by atoms with van der Waals surface area (Å²) in [6.07, 6.45) is 2.88. The Hall–Kier alpha value is -4.46. The number of benzene rings is 2. The Morgan fingerprint density at radius 2 is 1.61 bits per heavy atom. The third kappa shape index (κ3) is 3.62. The number of allylic oxidation sites excluding steroid dienone is 2. The Balaban J connectivity index is 1.66. The van der Waals surface area contributed by atoms with Crippen LogP contribution in [-0.2, 0) is 4.79 Å². The standard InChI is InChI=1S/C28H25N5O3/c1-28(2)13-19-22(20(34)14-28)21(23-25(29-19)30-27(36)31-26(23)35)18-15-33(17-11-7-4-8-12-17)32-24(18)16-9-5-3-6-10-16/h3-12,15,21H,13-14H2,1-2H3,(H3,29,30,31,35,36)/t21-/m0/s1. The highest BCUT2D eigenvalue weighted by molar-refractivity contribution is 6.01. The molecule has 1 atom stereocenters. The number of Topliss-reactive ketones (excluding diaryl/α,β-unsaturated/α-hetero) is 1. The molecule has 8 heteroatoms. The van der Waals surface area contributed by atoms with Gasteiger partial charge in [-0.3, -0.25) is 19.6 Å². The molecule has 1 aliphatic heterocycles. The predicted molar refractivity (Wildman–Crippen MR) is 137 cm³/mol. The van der Waals surface area contributed by atoms with E-state index in [4.69, 9.17) is 5.10 Å². The van der Waals surface area contributed by atoms with E-state index in [0.29, 0.717) is 35.5 Å². The van der Waals surface area contributed by atoms with Gasteiger partial charge in [-0.1, -0.05) is 62.4 Å². The maximum Gasteiger partial charge on any atom is 0.327 e. The van der Waals surface area contributed by atoms with Gasteiger partial charge in [0, 0.05) is 35.0 Å². The van der Waals surface area contributed by atoms with Crippen LogP contribution in [0.1, 0.15) is 43.7 Å². The van der Waals surface area contributed by atoms with Gasteiger partial charge in [0.25, 0.3) is 5.56 Å². The third-order valence-electron chi connectivity index (χ3n) is 6.87. The first-order chi connectivity index (χ1) is 17.3. The minimum atomic E-state index is -0.687. The number of fused-ring (bicyclic) bond motifs is 1. The van der Waals surface area contributed by atoms with E-state index >= 15 is 0 Å². The zero-order valence-electron chi connectivity index (χ0n) is 20.0. The first kappa shape index (κ1) is 22.0. The zero-order chi connectivity index (χ0) is 25.0. The minimum absolute atomic E-state index is 0.0125. The van der Waals surface area contributed by atoms with Gasteiger partial charge in [-0.15, -0.1) is 0 Å². The van der Waals surface area contributed by atoms with Crippen LogP contribution in [0.25, 0.3) is 16.9 Å². The molecule has 0 amide bonds. The summed E-state index contributed by atoms with van der Waals surface area (Å²) in [4.78, 5) is 44.1. The molecule has 36 heavy (non-hydrogen) atoms. The van der Waals surface area contributed by atoms with E-state index in [2.05, 4.69) is 15.3 Å². The molecule has 2 aromatic heterocycles. The van der Waals surface area contributed by atoms with E-state index in [1.807, 2.05) is 80.7 Å². The van der Waals surface area contributed by atoms with Crippen molar-refractivity contribution in [3.63, 3.8) is 0 Å². The predicted octanol–water partition coefficient (Wildman–Crippen LogP) is 4.12. The fraction of sp³-hybridized carbons (Fsp3) is 0.214. The van der Waals surface area contributed by atoms with Crippen molar-refractivity contribution in [1.29, 1.82) is 0 Å². The summed E-state index contributed by atoms with van der Waals surface area (Å²) in [5, 5.41) is 8.14. The van der Waals surface area contributed by atoms with E-state index in [9.17, 15) is 14.4 Å². The Bertz CT molecular complexity index is 1640. The van der Waals surface area contributed by atoms with E-state index in [0.717, 1.165) is 22.5 Å². The van der Waals surface area contributed by atoms with E-state index in [1.165, 1.54) is 0 Å². The van der Waals surface area contributed by atoms with Gasteiger partial charge in [-0.05, 0) is 24.0 Å². The molecule has 0 bridgehead atoms. The number of H-pyrrole nitrogens is 2. The number of aromatic nitrogens is 4. The zero-order valence-corrected chi connectivity index (χ0v) is 20.0. The summed E-state index contributed by atoms with van der Waals surface area (Å²) < 4.78 is 1.77. The summed E-state index contributed by atoms with van der Waals surface area (Å²) in [7, 11) is 0. The highest BCUT2D eigenvalue weighted by Crippen LogP contribution is 2.49. The number of hydrogen-bond acceptors (Lipinski definition) is 5. The number of aromatic amines is 2. The monoisotopic (exact) mass is 479 g/mol. The molecule has 180 valence electrons. The van der Waals surface area contributed by atoms with Gasteiger partial charge in [0.1, 0.15) is 5.82 Å². The molecule has 0 saturated carbocycles. The Morgan fingerprint density at radius 3 is 2.33 bits per heavy atom. The van der Waals surface area contributed by atoms with Gasteiger partial charge in [-0.25, -0.2) is 9.48 Å². The molecule has 0 saturated heterocycles. The number of carbonyl (C=O) groups is 1. The number of para-hydroxylation sites is 1. The van der Waals surface area contributed by atoms with Crippen LogP contribution >= 0.6 is 0 Å². The van der Waals surface area contributed by atoms with Crippen LogP contribution in [0.15, 0.2) is 87.7 Å². The van der Waals surface area contributed by atoms with Crippen molar-refractivity contribution in [3.8, 4) is 16.9 Å². The molecule has 2 aromatic carbocycles. The molecular weight excluding hydrogens is 454 g/mol. The smallest absolute Gasteiger partial charge is 0.327 e. The number of carbonyl (C=O) groups excluding carboxylic acids is 1. The quantitative estimate of drug-likeness (QED) is 0.409. The van der Waals surface area contributed by atoms with Crippen LogP contribution < -0.4 is 16.6 Å². The normalized spacial score (nSPS) is 18.4. The van der Waals surface area contributed by atoms with E-state index in [1.54, 1.807) is 4.68 Å². The van der Waals surface area contributed by atoms with Crippen molar-refractivity contribution >= 4 is 11.6 Å². The number of nitrogens with zero attached hydrogens (tertiary/aromatic N) is 2. The molecule has 0 unspecified atom stereocenters. The maximum atomic E-state index is 13.6. The molecule has 0 radical (unpaired) electrons. The molecule has 2 aliphatic rings. The van der Waals surface area contributed by atoms with Crippen LogP contribution in [0.4, 0.5) is 5.82 Å². The summed E-state index contributed by atoms with van der Waals surface area (Å²) in [6, 6.07) is 19.4. The molecule has 0 fully saturated rings. The highest BCUT2D eigenvalue weighted by atomic mass is 16.2.